The molecule has 0 aliphatic carbocycles. The number of hydrogen-bond donors (Lipinski definition) is 2. The molecule has 0 radical (unpaired) electrons. The Morgan fingerprint density at radius 3 is 2.82 bits per heavy atom. The third kappa shape index (κ3) is 6.23. The van der Waals surface area contributed by atoms with Crippen molar-refractivity contribution >= 4 is 23.3 Å². The summed E-state index contributed by atoms with van der Waals surface area (Å²) < 4.78 is 10.8. The lowest BCUT2D eigenvalue weighted by Gasteiger charge is -2.16. The van der Waals surface area contributed by atoms with E-state index in [1.54, 1.807) is 14.0 Å². The molecule has 0 saturated carbocycles. The van der Waals surface area contributed by atoms with Gasteiger partial charge in [-0.15, -0.1) is 11.3 Å². The quantitative estimate of drug-likeness (QED) is 0.304. The van der Waals surface area contributed by atoms with E-state index in [-0.39, 0.29) is 12.0 Å². The third-order valence-electron chi connectivity index (χ3n) is 3.87. The second-order valence-electron chi connectivity index (χ2n) is 6.22. The highest BCUT2D eigenvalue weighted by Gasteiger charge is 2.20. The van der Waals surface area contributed by atoms with Gasteiger partial charge in [-0.05, 0) is 45.4 Å². The highest BCUT2D eigenvalue weighted by Crippen LogP contribution is 2.24. The molecule has 0 aliphatic rings. The zero-order valence-electron chi connectivity index (χ0n) is 17.0. The Hall–Kier alpha value is -2.61. The number of carbonyl (C=O) groups excluding carboxylic acids is 1. The third-order valence-corrected chi connectivity index (χ3v) is 5.19. The summed E-state index contributed by atoms with van der Waals surface area (Å²) in [5, 5.41) is 7.30. The van der Waals surface area contributed by atoms with Gasteiger partial charge in [-0.25, -0.2) is 9.78 Å². The fourth-order valence-electron chi connectivity index (χ4n) is 2.49. The van der Waals surface area contributed by atoms with Crippen molar-refractivity contribution < 1.29 is 14.3 Å². The molecule has 1 aromatic carbocycles. The van der Waals surface area contributed by atoms with Gasteiger partial charge in [-0.2, -0.15) is 0 Å². The molecule has 0 amide bonds. The number of aryl methyl sites for hydroxylation is 2. The Morgan fingerprint density at radius 2 is 2.14 bits per heavy atom. The number of rotatable bonds is 8. The first-order valence-electron chi connectivity index (χ1n) is 9.25. The number of nitrogens with zero attached hydrogens (tertiary/aromatic N) is 2. The van der Waals surface area contributed by atoms with E-state index in [1.165, 1.54) is 11.3 Å². The Bertz CT molecular complexity index is 820. The number of ether oxygens (including phenoxy) is 2. The first-order chi connectivity index (χ1) is 13.4. The second-order valence-corrected chi connectivity index (χ2v) is 7.25. The minimum absolute atomic E-state index is 0.101. The van der Waals surface area contributed by atoms with Crippen LogP contribution in [0.15, 0.2) is 29.3 Å². The largest absolute Gasteiger partial charge is 0.492 e. The molecule has 0 bridgehead atoms. The first-order valence-corrected chi connectivity index (χ1v) is 10.1. The number of carbonyl (C=O) groups is 1. The summed E-state index contributed by atoms with van der Waals surface area (Å²) in [6.45, 7) is 9.08. The number of guanidine groups is 1. The average Bonchev–Trinajstić information content (AvgIpc) is 3.06. The Kier molecular flexibility index (Phi) is 8.25. The molecule has 2 aromatic rings. The summed E-state index contributed by atoms with van der Waals surface area (Å²) in [5.41, 5.74) is 1.85. The molecule has 2 N–H and O–H groups in total. The van der Waals surface area contributed by atoms with E-state index in [0.717, 1.165) is 16.3 Å². The Morgan fingerprint density at radius 1 is 1.36 bits per heavy atom. The van der Waals surface area contributed by atoms with Crippen LogP contribution in [-0.4, -0.2) is 43.7 Å². The van der Waals surface area contributed by atoms with Crippen LogP contribution in [0.3, 0.4) is 0 Å². The SMILES string of the molecule is CCOC(=O)c1sc(C(C)NC(=NC)NCCOc2cccc(C)c2)nc1C. The van der Waals surface area contributed by atoms with Crippen molar-refractivity contribution in [3.63, 3.8) is 0 Å². The standard InChI is InChI=1S/C20H28N4O3S/c1-6-26-19(25)17-14(3)23-18(28-17)15(4)24-20(21-5)22-10-11-27-16-9-7-8-13(2)12-16/h7-9,12,15H,6,10-11H2,1-5H3,(H2,21,22,24). The normalized spacial score (nSPS) is 12.4. The number of aromatic nitrogens is 1. The molecule has 152 valence electrons. The van der Waals surface area contributed by atoms with Crippen molar-refractivity contribution in [2.24, 2.45) is 4.99 Å². The van der Waals surface area contributed by atoms with Crippen molar-refractivity contribution in [3.8, 4) is 5.75 Å². The van der Waals surface area contributed by atoms with E-state index in [1.807, 2.05) is 45.0 Å². The van der Waals surface area contributed by atoms with Gasteiger partial charge in [-0.1, -0.05) is 12.1 Å². The monoisotopic (exact) mass is 404 g/mol. The minimum atomic E-state index is -0.327. The highest BCUT2D eigenvalue weighted by molar-refractivity contribution is 7.13. The van der Waals surface area contributed by atoms with Gasteiger partial charge >= 0.3 is 5.97 Å². The lowest BCUT2D eigenvalue weighted by Crippen LogP contribution is -2.40. The fourth-order valence-corrected chi connectivity index (χ4v) is 3.46. The van der Waals surface area contributed by atoms with Gasteiger partial charge in [-0.3, -0.25) is 4.99 Å². The molecule has 28 heavy (non-hydrogen) atoms. The van der Waals surface area contributed by atoms with Crippen LogP contribution in [-0.2, 0) is 4.74 Å². The number of nitrogens with one attached hydrogen (secondary N) is 2. The topological polar surface area (TPSA) is 84.8 Å². The molecule has 0 spiro atoms. The summed E-state index contributed by atoms with van der Waals surface area (Å²) >= 11 is 1.34. The summed E-state index contributed by atoms with van der Waals surface area (Å²) in [6, 6.07) is 7.85. The second kappa shape index (κ2) is 10.7. The smallest absolute Gasteiger partial charge is 0.350 e. The van der Waals surface area contributed by atoms with Crippen LogP contribution < -0.4 is 15.4 Å². The summed E-state index contributed by atoms with van der Waals surface area (Å²) in [5.74, 6) is 1.17. The zero-order valence-corrected chi connectivity index (χ0v) is 17.9. The molecule has 1 unspecified atom stereocenters. The number of thiazole rings is 1. The van der Waals surface area contributed by atoms with Crippen molar-refractivity contribution in [2.45, 2.75) is 33.7 Å². The summed E-state index contributed by atoms with van der Waals surface area (Å²) in [6.07, 6.45) is 0. The number of esters is 1. The zero-order chi connectivity index (χ0) is 20.5. The molecular formula is C20H28N4O3S. The molecular weight excluding hydrogens is 376 g/mol. The van der Waals surface area contributed by atoms with Crippen LogP contribution in [0.2, 0.25) is 0 Å². The maximum atomic E-state index is 12.0. The summed E-state index contributed by atoms with van der Waals surface area (Å²) in [7, 11) is 1.71. The van der Waals surface area contributed by atoms with Gasteiger partial charge in [0, 0.05) is 7.05 Å². The molecule has 1 heterocycles. The van der Waals surface area contributed by atoms with E-state index in [2.05, 4.69) is 20.6 Å². The van der Waals surface area contributed by atoms with Gasteiger partial charge < -0.3 is 20.1 Å². The maximum Gasteiger partial charge on any atom is 0.350 e. The fraction of sp³-hybridized carbons (Fsp3) is 0.450. The van der Waals surface area contributed by atoms with Crippen LogP contribution in [0.5, 0.6) is 5.75 Å². The van der Waals surface area contributed by atoms with Gasteiger partial charge in [0.15, 0.2) is 5.96 Å². The van der Waals surface area contributed by atoms with Crippen LogP contribution in [0.4, 0.5) is 0 Å². The van der Waals surface area contributed by atoms with Gasteiger partial charge in [0.2, 0.25) is 0 Å². The maximum absolute atomic E-state index is 12.0. The van der Waals surface area contributed by atoms with E-state index < -0.39 is 0 Å². The first kappa shape index (κ1) is 21.7. The molecule has 2 rings (SSSR count). The van der Waals surface area contributed by atoms with Crippen LogP contribution in [0.1, 0.15) is 45.8 Å². The van der Waals surface area contributed by atoms with Gasteiger partial charge in [0.05, 0.1) is 24.9 Å². The lowest BCUT2D eigenvalue weighted by molar-refractivity contribution is 0.0531. The molecule has 1 atom stereocenters. The van der Waals surface area contributed by atoms with Crippen molar-refractivity contribution in [3.05, 3.63) is 45.4 Å². The van der Waals surface area contributed by atoms with E-state index in [0.29, 0.717) is 36.3 Å². The number of hydrogen-bond acceptors (Lipinski definition) is 6. The summed E-state index contributed by atoms with van der Waals surface area (Å²) in [4.78, 5) is 21.2. The molecule has 1 aromatic heterocycles. The highest BCUT2D eigenvalue weighted by atomic mass is 32.1. The molecule has 7 nitrogen and oxygen atoms in total. The number of aliphatic imine (C=N–C) groups is 1. The molecule has 0 aliphatic heterocycles. The molecule has 0 saturated heterocycles. The van der Waals surface area contributed by atoms with Gasteiger partial charge in [0.25, 0.3) is 0 Å². The van der Waals surface area contributed by atoms with Crippen molar-refractivity contribution in [1.29, 1.82) is 0 Å². The predicted molar refractivity (Wildman–Crippen MR) is 112 cm³/mol. The van der Waals surface area contributed by atoms with Crippen LogP contribution in [0.25, 0.3) is 0 Å². The van der Waals surface area contributed by atoms with Crippen molar-refractivity contribution in [1.82, 2.24) is 15.6 Å². The van der Waals surface area contributed by atoms with E-state index in [4.69, 9.17) is 9.47 Å². The van der Waals surface area contributed by atoms with Crippen LogP contribution >= 0.6 is 11.3 Å². The molecule has 0 fully saturated rings. The van der Waals surface area contributed by atoms with E-state index >= 15 is 0 Å². The number of benzene rings is 1. The van der Waals surface area contributed by atoms with Crippen LogP contribution in [0, 0.1) is 13.8 Å². The van der Waals surface area contributed by atoms with Gasteiger partial charge in [0.1, 0.15) is 22.2 Å². The Balaban J connectivity index is 1.85. The van der Waals surface area contributed by atoms with Crippen molar-refractivity contribution in [2.75, 3.05) is 26.8 Å². The van der Waals surface area contributed by atoms with E-state index in [9.17, 15) is 4.79 Å². The molecule has 8 heteroatoms. The lowest BCUT2D eigenvalue weighted by atomic mass is 10.2. The average molecular weight is 405 g/mol. The minimum Gasteiger partial charge on any atom is -0.492 e. The Labute approximate surface area is 170 Å². The predicted octanol–water partition coefficient (Wildman–Crippen LogP) is 3.24.